The number of rotatable bonds is 5. The van der Waals surface area contributed by atoms with E-state index in [1.54, 1.807) is 0 Å². The quantitative estimate of drug-likeness (QED) is 0.342. The zero-order valence-corrected chi connectivity index (χ0v) is 17.6. The van der Waals surface area contributed by atoms with Gasteiger partial charge >= 0.3 is 0 Å². The minimum absolute atomic E-state index is 0.241. The first-order valence-corrected chi connectivity index (χ1v) is 11.6. The lowest BCUT2D eigenvalue weighted by molar-refractivity contribution is 0.626. The van der Waals surface area contributed by atoms with Crippen LogP contribution in [0.4, 0.5) is 4.39 Å². The van der Waals surface area contributed by atoms with Gasteiger partial charge in [0.2, 0.25) is 0 Å². The van der Waals surface area contributed by atoms with Gasteiger partial charge in [0.25, 0.3) is 0 Å². The van der Waals surface area contributed by atoms with Gasteiger partial charge in [0, 0.05) is 9.79 Å². The normalized spacial score (nSPS) is 13.0. The van der Waals surface area contributed by atoms with E-state index in [1.165, 1.54) is 22.6 Å². The van der Waals surface area contributed by atoms with Crippen molar-refractivity contribution in [3.63, 3.8) is 0 Å². The minimum atomic E-state index is -1.21. The summed E-state index contributed by atoms with van der Waals surface area (Å²) in [6.45, 7) is 2.06. The highest BCUT2D eigenvalue weighted by atomic mass is 32.2. The molecule has 0 aliphatic rings. The maximum atomic E-state index is 13.5. The molecule has 4 aromatic rings. The minimum Gasteiger partial charge on any atom is -0.249 e. The van der Waals surface area contributed by atoms with Crippen LogP contribution in [0.3, 0.4) is 0 Å². The highest BCUT2D eigenvalue weighted by molar-refractivity contribution is 7.97. The molecule has 0 heterocycles. The molecule has 0 bridgehead atoms. The molecule has 1 nitrogen and oxygen atoms in total. The van der Waals surface area contributed by atoms with E-state index in [0.717, 1.165) is 19.6 Å². The zero-order chi connectivity index (χ0) is 20.2. The van der Waals surface area contributed by atoms with Gasteiger partial charge in [-0.05, 0) is 79.7 Å². The van der Waals surface area contributed by atoms with E-state index in [1.807, 2.05) is 66.7 Å². The molecule has 0 amide bonds. The maximum Gasteiger partial charge on any atom is 0.166 e. The molecule has 4 heteroatoms. The van der Waals surface area contributed by atoms with Crippen LogP contribution >= 0.6 is 0 Å². The van der Waals surface area contributed by atoms with Gasteiger partial charge in [0.15, 0.2) is 14.7 Å². The Bertz CT molecular complexity index is 1060. The van der Waals surface area contributed by atoms with Crippen LogP contribution in [-0.4, -0.2) is 4.21 Å². The maximum absolute atomic E-state index is 13.5. The molecule has 0 radical (unpaired) electrons. The van der Waals surface area contributed by atoms with Crippen molar-refractivity contribution in [1.29, 1.82) is 0 Å². The van der Waals surface area contributed by atoms with Crippen LogP contribution in [-0.2, 0) is 21.7 Å². The third-order valence-corrected chi connectivity index (χ3v) is 8.17. The molecular weight excluding hydrogens is 399 g/mol. The first kappa shape index (κ1) is 19.6. The van der Waals surface area contributed by atoms with E-state index in [9.17, 15) is 8.60 Å². The fraction of sp³-hybridized carbons (Fsp3) is 0.0400. The van der Waals surface area contributed by atoms with Gasteiger partial charge in [0.05, 0.1) is 21.7 Å². The van der Waals surface area contributed by atoms with Gasteiger partial charge in [-0.25, -0.2) is 8.60 Å². The van der Waals surface area contributed by atoms with Gasteiger partial charge in [-0.15, -0.1) is 0 Å². The average molecular weight is 420 g/mol. The Labute approximate surface area is 176 Å². The summed E-state index contributed by atoms with van der Waals surface area (Å²) in [6, 6.07) is 32.5. The summed E-state index contributed by atoms with van der Waals surface area (Å²) in [5.74, 6) is -0.241. The Balaban J connectivity index is 1.72. The second kappa shape index (κ2) is 8.76. The largest absolute Gasteiger partial charge is 0.249 e. The molecule has 144 valence electrons. The SMILES string of the molecule is Cc1ccc([S+](c2ccc(F)cc2)c2ccc(S(=O)c3ccccc3)cc2)cc1. The second-order valence-corrected chi connectivity index (χ2v) is 10.1. The standard InChI is InChI=1S/C25H20FOS2/c1-19-7-11-21(12-8-19)28(22-13-9-20(26)10-14-22)23-15-17-25(18-16-23)29(27)24-5-3-2-4-6-24/h2-18H,1H3/q+1. The number of aryl methyl sites for hydroxylation is 1. The molecular formula is C25H20FOS2+. The summed E-state index contributed by atoms with van der Waals surface area (Å²) in [5, 5.41) is 0. The number of halogens is 1. The van der Waals surface area contributed by atoms with E-state index < -0.39 is 10.8 Å². The van der Waals surface area contributed by atoms with Gasteiger partial charge in [-0.3, -0.25) is 0 Å². The summed E-state index contributed by atoms with van der Waals surface area (Å²) in [5.41, 5.74) is 1.20. The smallest absolute Gasteiger partial charge is 0.166 e. The molecule has 4 aromatic carbocycles. The van der Waals surface area contributed by atoms with Crippen molar-refractivity contribution in [3.8, 4) is 0 Å². The number of hydrogen-bond acceptors (Lipinski definition) is 1. The summed E-state index contributed by atoms with van der Waals surface area (Å²) in [6.07, 6.45) is 0. The Morgan fingerprint density at radius 1 is 0.621 bits per heavy atom. The van der Waals surface area contributed by atoms with Crippen LogP contribution in [0.1, 0.15) is 5.56 Å². The van der Waals surface area contributed by atoms with E-state index >= 15 is 0 Å². The topological polar surface area (TPSA) is 17.1 Å². The molecule has 0 aliphatic carbocycles. The molecule has 4 rings (SSSR count). The van der Waals surface area contributed by atoms with Crippen molar-refractivity contribution in [2.45, 2.75) is 31.4 Å². The zero-order valence-electron chi connectivity index (χ0n) is 15.9. The van der Waals surface area contributed by atoms with Crippen LogP contribution in [0.5, 0.6) is 0 Å². The fourth-order valence-corrected chi connectivity index (χ4v) is 6.13. The van der Waals surface area contributed by atoms with Crippen molar-refractivity contribution in [3.05, 3.63) is 115 Å². The predicted molar refractivity (Wildman–Crippen MR) is 117 cm³/mol. The Morgan fingerprint density at radius 2 is 1.07 bits per heavy atom. The van der Waals surface area contributed by atoms with E-state index in [-0.39, 0.29) is 16.7 Å². The monoisotopic (exact) mass is 419 g/mol. The Hall–Kier alpha value is -2.69. The van der Waals surface area contributed by atoms with Gasteiger partial charge < -0.3 is 0 Å². The highest BCUT2D eigenvalue weighted by Crippen LogP contribution is 2.32. The number of benzene rings is 4. The summed E-state index contributed by atoms with van der Waals surface area (Å²) >= 11 is 0. The van der Waals surface area contributed by atoms with Crippen molar-refractivity contribution < 1.29 is 8.60 Å². The van der Waals surface area contributed by atoms with E-state index in [2.05, 4.69) is 31.2 Å². The first-order valence-electron chi connectivity index (χ1n) is 9.25. The Morgan fingerprint density at radius 3 is 1.62 bits per heavy atom. The predicted octanol–water partition coefficient (Wildman–Crippen LogP) is 6.40. The molecule has 29 heavy (non-hydrogen) atoms. The van der Waals surface area contributed by atoms with E-state index in [0.29, 0.717) is 0 Å². The van der Waals surface area contributed by atoms with Gasteiger partial charge in [-0.2, -0.15) is 0 Å². The third kappa shape index (κ3) is 4.50. The van der Waals surface area contributed by atoms with Gasteiger partial charge in [-0.1, -0.05) is 35.9 Å². The summed E-state index contributed by atoms with van der Waals surface area (Å²) in [4.78, 5) is 4.88. The molecule has 2 atom stereocenters. The molecule has 0 N–H and O–H groups in total. The van der Waals surface area contributed by atoms with Crippen molar-refractivity contribution >= 4 is 21.7 Å². The van der Waals surface area contributed by atoms with Crippen LogP contribution in [0, 0.1) is 12.7 Å². The van der Waals surface area contributed by atoms with Crippen LogP contribution in [0.2, 0.25) is 0 Å². The molecule has 0 spiro atoms. The first-order chi connectivity index (χ1) is 14.1. The highest BCUT2D eigenvalue weighted by Gasteiger charge is 2.28. The Kier molecular flexibility index (Phi) is 5.93. The molecule has 2 unspecified atom stereocenters. The molecule has 0 saturated heterocycles. The van der Waals surface area contributed by atoms with Gasteiger partial charge in [0.1, 0.15) is 5.82 Å². The fourth-order valence-electron chi connectivity index (χ4n) is 3.03. The number of hydrogen-bond donors (Lipinski definition) is 0. The van der Waals surface area contributed by atoms with Crippen LogP contribution in [0.15, 0.2) is 128 Å². The van der Waals surface area contributed by atoms with E-state index in [4.69, 9.17) is 0 Å². The van der Waals surface area contributed by atoms with Crippen LogP contribution < -0.4 is 0 Å². The lowest BCUT2D eigenvalue weighted by Gasteiger charge is -2.09. The lowest BCUT2D eigenvalue weighted by Crippen LogP contribution is -2.05. The van der Waals surface area contributed by atoms with Crippen molar-refractivity contribution in [2.75, 3.05) is 0 Å². The van der Waals surface area contributed by atoms with Crippen molar-refractivity contribution in [2.24, 2.45) is 0 Å². The summed E-state index contributed by atoms with van der Waals surface area (Å²) in [7, 11) is -1.57. The van der Waals surface area contributed by atoms with Crippen molar-refractivity contribution in [1.82, 2.24) is 0 Å². The van der Waals surface area contributed by atoms with Crippen LogP contribution in [0.25, 0.3) is 0 Å². The molecule has 0 fully saturated rings. The average Bonchev–Trinajstić information content (AvgIpc) is 2.77. The molecule has 0 aliphatic heterocycles. The lowest BCUT2D eigenvalue weighted by atomic mass is 10.2. The molecule has 0 saturated carbocycles. The summed E-state index contributed by atoms with van der Waals surface area (Å²) < 4.78 is 26.3. The third-order valence-electron chi connectivity index (χ3n) is 4.54. The molecule has 0 aromatic heterocycles. The second-order valence-electron chi connectivity index (χ2n) is 6.63.